The molecule has 8 nitrogen and oxygen atoms in total. The summed E-state index contributed by atoms with van der Waals surface area (Å²) in [6, 6.07) is 9.26. The molecule has 0 atom stereocenters. The van der Waals surface area contributed by atoms with Crippen LogP contribution >= 0.6 is 23.1 Å². The van der Waals surface area contributed by atoms with Crippen molar-refractivity contribution in [2.24, 2.45) is 0 Å². The lowest BCUT2D eigenvalue weighted by Gasteiger charge is -2.05. The Morgan fingerprint density at radius 1 is 1.19 bits per heavy atom. The maximum absolute atomic E-state index is 12.0. The van der Waals surface area contributed by atoms with Gasteiger partial charge in [0, 0.05) is 11.8 Å². The number of rotatable bonds is 7. The van der Waals surface area contributed by atoms with E-state index < -0.39 is 5.91 Å². The average molecular weight is 403 g/mol. The van der Waals surface area contributed by atoms with Gasteiger partial charge >= 0.3 is 0 Å². The summed E-state index contributed by atoms with van der Waals surface area (Å²) in [5.41, 5.74) is 2.14. The van der Waals surface area contributed by atoms with Gasteiger partial charge in [0.15, 0.2) is 10.0 Å². The van der Waals surface area contributed by atoms with E-state index >= 15 is 0 Å². The predicted molar refractivity (Wildman–Crippen MR) is 104 cm³/mol. The summed E-state index contributed by atoms with van der Waals surface area (Å²) in [7, 11) is 0. The third-order valence-corrected chi connectivity index (χ3v) is 5.43. The maximum Gasteiger partial charge on any atom is 0.279 e. The standard InChI is InChI=1S/C17H17N5O3S2/c1-3-11-4-6-12(7-5-11)18-14(23)9-26-17-21-20-16(27-17)19-15(24)13-8-10(2)25-22-13/h4-8H,3,9H2,1-2H3,(H,18,23)(H,19,20,24). The third kappa shape index (κ3) is 5.38. The molecule has 10 heteroatoms. The molecule has 27 heavy (non-hydrogen) atoms. The number of amides is 2. The maximum atomic E-state index is 12.0. The third-order valence-electron chi connectivity index (χ3n) is 3.46. The summed E-state index contributed by atoms with van der Waals surface area (Å²) in [5, 5.41) is 17.3. The van der Waals surface area contributed by atoms with Gasteiger partial charge in [-0.05, 0) is 31.0 Å². The molecule has 0 saturated carbocycles. The molecule has 0 bridgehead atoms. The first-order chi connectivity index (χ1) is 13.0. The predicted octanol–water partition coefficient (Wildman–Crippen LogP) is 3.38. The van der Waals surface area contributed by atoms with Gasteiger partial charge in [-0.3, -0.25) is 14.9 Å². The summed E-state index contributed by atoms with van der Waals surface area (Å²) in [5.74, 6) is 0.181. The van der Waals surface area contributed by atoms with Gasteiger partial charge in [-0.15, -0.1) is 10.2 Å². The summed E-state index contributed by atoms with van der Waals surface area (Å²) in [6.07, 6.45) is 0.955. The van der Waals surface area contributed by atoms with Crippen molar-refractivity contribution in [1.82, 2.24) is 15.4 Å². The van der Waals surface area contributed by atoms with Gasteiger partial charge in [-0.2, -0.15) is 0 Å². The molecule has 0 fully saturated rings. The Bertz CT molecular complexity index is 936. The molecule has 0 aliphatic carbocycles. The fourth-order valence-corrected chi connectivity index (χ4v) is 3.65. The Hall–Kier alpha value is -2.72. The van der Waals surface area contributed by atoms with E-state index in [1.54, 1.807) is 6.92 Å². The highest BCUT2D eigenvalue weighted by molar-refractivity contribution is 8.01. The monoisotopic (exact) mass is 403 g/mol. The zero-order valence-electron chi connectivity index (χ0n) is 14.7. The fourth-order valence-electron chi connectivity index (χ4n) is 2.10. The number of aromatic nitrogens is 3. The molecule has 0 spiro atoms. The van der Waals surface area contributed by atoms with Crippen LogP contribution in [0.2, 0.25) is 0 Å². The molecule has 0 radical (unpaired) electrons. The molecule has 3 rings (SSSR count). The largest absolute Gasteiger partial charge is 0.361 e. The molecule has 0 aliphatic heterocycles. The SMILES string of the molecule is CCc1ccc(NC(=O)CSc2nnc(NC(=O)c3cc(C)on3)s2)cc1. The van der Waals surface area contributed by atoms with E-state index in [1.807, 2.05) is 24.3 Å². The van der Waals surface area contributed by atoms with Crippen LogP contribution in [0.3, 0.4) is 0 Å². The van der Waals surface area contributed by atoms with Crippen molar-refractivity contribution in [2.75, 3.05) is 16.4 Å². The van der Waals surface area contributed by atoms with Crippen LogP contribution in [0.15, 0.2) is 39.2 Å². The Morgan fingerprint density at radius 2 is 1.96 bits per heavy atom. The molecule has 2 N–H and O–H groups in total. The number of carbonyl (C=O) groups excluding carboxylic acids is 2. The molecular formula is C17H17N5O3S2. The lowest BCUT2D eigenvalue weighted by atomic mass is 10.1. The number of anilines is 2. The van der Waals surface area contributed by atoms with Crippen molar-refractivity contribution in [3.8, 4) is 0 Å². The Kier molecular flexibility index (Phi) is 6.20. The quantitative estimate of drug-likeness (QED) is 0.460. The minimum absolute atomic E-state index is 0.136. The van der Waals surface area contributed by atoms with Crippen molar-refractivity contribution < 1.29 is 14.1 Å². The van der Waals surface area contributed by atoms with E-state index in [0.29, 0.717) is 15.2 Å². The number of hydrogen-bond donors (Lipinski definition) is 2. The fraction of sp³-hybridized carbons (Fsp3) is 0.235. The highest BCUT2D eigenvalue weighted by atomic mass is 32.2. The van der Waals surface area contributed by atoms with Gasteiger partial charge in [0.2, 0.25) is 11.0 Å². The van der Waals surface area contributed by atoms with Crippen molar-refractivity contribution in [2.45, 2.75) is 24.6 Å². The van der Waals surface area contributed by atoms with Crippen molar-refractivity contribution in [3.05, 3.63) is 47.3 Å². The van der Waals surface area contributed by atoms with Crippen LogP contribution in [-0.4, -0.2) is 32.9 Å². The first-order valence-electron chi connectivity index (χ1n) is 8.13. The van der Waals surface area contributed by atoms with E-state index in [0.717, 1.165) is 12.1 Å². The van der Waals surface area contributed by atoms with Gasteiger partial charge < -0.3 is 9.84 Å². The molecule has 0 unspecified atom stereocenters. The Balaban J connectivity index is 1.48. The number of benzene rings is 1. The topological polar surface area (TPSA) is 110 Å². The summed E-state index contributed by atoms with van der Waals surface area (Å²) in [4.78, 5) is 24.0. The summed E-state index contributed by atoms with van der Waals surface area (Å²) >= 11 is 2.44. The highest BCUT2D eigenvalue weighted by Gasteiger charge is 2.14. The number of aryl methyl sites for hydroxylation is 2. The number of hydrogen-bond acceptors (Lipinski definition) is 8. The smallest absolute Gasteiger partial charge is 0.279 e. The lowest BCUT2D eigenvalue weighted by molar-refractivity contribution is -0.113. The number of nitrogens with zero attached hydrogens (tertiary/aromatic N) is 3. The van der Waals surface area contributed by atoms with Crippen LogP contribution in [0, 0.1) is 6.92 Å². The van der Waals surface area contributed by atoms with Crippen LogP contribution in [0.25, 0.3) is 0 Å². The first kappa shape index (κ1) is 19.1. The molecule has 0 aliphatic rings. The van der Waals surface area contributed by atoms with Gasteiger partial charge in [-0.1, -0.05) is 47.3 Å². The number of nitrogens with one attached hydrogen (secondary N) is 2. The number of thioether (sulfide) groups is 1. The van der Waals surface area contributed by atoms with E-state index in [9.17, 15) is 9.59 Å². The van der Waals surface area contributed by atoms with Crippen molar-refractivity contribution >= 4 is 45.7 Å². The molecule has 140 valence electrons. The summed E-state index contributed by atoms with van der Waals surface area (Å²) in [6.45, 7) is 3.78. The van der Waals surface area contributed by atoms with Gasteiger partial charge in [0.05, 0.1) is 5.75 Å². The summed E-state index contributed by atoms with van der Waals surface area (Å²) < 4.78 is 5.44. The van der Waals surface area contributed by atoms with Crippen LogP contribution in [0.1, 0.15) is 28.7 Å². The molecule has 2 amide bonds. The van der Waals surface area contributed by atoms with E-state index in [1.165, 1.54) is 34.7 Å². The van der Waals surface area contributed by atoms with Crippen LogP contribution in [-0.2, 0) is 11.2 Å². The van der Waals surface area contributed by atoms with Crippen LogP contribution < -0.4 is 10.6 Å². The normalized spacial score (nSPS) is 10.6. The molecule has 3 aromatic rings. The lowest BCUT2D eigenvalue weighted by Crippen LogP contribution is -2.13. The molecular weight excluding hydrogens is 386 g/mol. The van der Waals surface area contributed by atoms with Gasteiger partial charge in [0.25, 0.3) is 5.91 Å². The molecule has 2 aromatic heterocycles. The van der Waals surface area contributed by atoms with Gasteiger partial charge in [-0.25, -0.2) is 0 Å². The minimum atomic E-state index is -0.423. The van der Waals surface area contributed by atoms with Gasteiger partial charge in [0.1, 0.15) is 5.76 Å². The average Bonchev–Trinajstić information content (AvgIpc) is 3.29. The van der Waals surface area contributed by atoms with Crippen LogP contribution in [0.4, 0.5) is 10.8 Å². The highest BCUT2D eigenvalue weighted by Crippen LogP contribution is 2.26. The number of carbonyl (C=O) groups is 2. The Morgan fingerprint density at radius 3 is 2.63 bits per heavy atom. The van der Waals surface area contributed by atoms with Crippen molar-refractivity contribution in [3.63, 3.8) is 0 Å². The van der Waals surface area contributed by atoms with Crippen LogP contribution in [0.5, 0.6) is 0 Å². The Labute approximate surface area is 163 Å². The second-order valence-corrected chi connectivity index (χ2v) is 7.74. The second kappa shape index (κ2) is 8.78. The first-order valence-corrected chi connectivity index (χ1v) is 9.93. The second-order valence-electron chi connectivity index (χ2n) is 5.54. The molecule has 2 heterocycles. The zero-order valence-corrected chi connectivity index (χ0v) is 16.3. The molecule has 1 aromatic carbocycles. The minimum Gasteiger partial charge on any atom is -0.361 e. The van der Waals surface area contributed by atoms with E-state index in [2.05, 4.69) is 32.9 Å². The van der Waals surface area contributed by atoms with E-state index in [4.69, 9.17) is 4.52 Å². The van der Waals surface area contributed by atoms with Crippen molar-refractivity contribution in [1.29, 1.82) is 0 Å². The zero-order chi connectivity index (χ0) is 19.2. The van der Waals surface area contributed by atoms with E-state index in [-0.39, 0.29) is 17.4 Å². The molecule has 0 saturated heterocycles.